The highest BCUT2D eigenvalue weighted by Crippen LogP contribution is 2.15. The van der Waals surface area contributed by atoms with Gasteiger partial charge >= 0.3 is 0 Å². The fraction of sp³-hybridized carbons (Fsp3) is 0.0909. The van der Waals surface area contributed by atoms with Crippen LogP contribution >= 0.6 is 0 Å². The molecule has 0 radical (unpaired) electrons. The van der Waals surface area contributed by atoms with Gasteiger partial charge in [-0.05, 0) is 12.1 Å². The van der Waals surface area contributed by atoms with Crippen molar-refractivity contribution in [2.45, 2.75) is 0 Å². The van der Waals surface area contributed by atoms with E-state index in [1.165, 1.54) is 0 Å². The Balaban J connectivity index is 2.22. The number of nitrogens with zero attached hydrogens (tertiary/aromatic N) is 5. The van der Waals surface area contributed by atoms with Crippen molar-refractivity contribution >= 4 is 11.2 Å². The summed E-state index contributed by atoms with van der Waals surface area (Å²) in [6, 6.07) is 3.80. The molecule has 0 aromatic carbocycles. The molecule has 0 N–H and O–H groups in total. The van der Waals surface area contributed by atoms with Crippen LogP contribution in [0, 0.1) is 0 Å². The molecule has 3 heterocycles. The van der Waals surface area contributed by atoms with Gasteiger partial charge in [-0.25, -0.2) is 15.0 Å². The van der Waals surface area contributed by atoms with Crippen molar-refractivity contribution < 1.29 is 0 Å². The highest BCUT2D eigenvalue weighted by molar-refractivity contribution is 5.72. The molecule has 0 bridgehead atoms. The van der Waals surface area contributed by atoms with Gasteiger partial charge in [0.2, 0.25) is 0 Å². The van der Waals surface area contributed by atoms with Crippen LogP contribution in [0.2, 0.25) is 0 Å². The molecule has 3 aromatic heterocycles. The van der Waals surface area contributed by atoms with Crippen molar-refractivity contribution in [3.05, 3.63) is 37.1 Å². The smallest absolute Gasteiger partial charge is 0.163 e. The summed E-state index contributed by atoms with van der Waals surface area (Å²) in [5.74, 6) is 0.671. The Labute approximate surface area is 91.8 Å². The van der Waals surface area contributed by atoms with Crippen LogP contribution in [0.4, 0.5) is 0 Å². The first-order valence-electron chi connectivity index (χ1n) is 4.89. The zero-order chi connectivity index (χ0) is 11.0. The molecule has 0 fully saturated rings. The summed E-state index contributed by atoms with van der Waals surface area (Å²) in [6.07, 6.45) is 6.93. The fourth-order valence-electron chi connectivity index (χ4n) is 1.55. The van der Waals surface area contributed by atoms with E-state index in [2.05, 4.69) is 19.9 Å². The van der Waals surface area contributed by atoms with Crippen molar-refractivity contribution in [2.24, 2.45) is 7.05 Å². The van der Waals surface area contributed by atoms with Crippen molar-refractivity contribution in [3.63, 3.8) is 0 Å². The van der Waals surface area contributed by atoms with E-state index in [9.17, 15) is 0 Å². The van der Waals surface area contributed by atoms with E-state index in [0.29, 0.717) is 5.82 Å². The summed E-state index contributed by atoms with van der Waals surface area (Å²) < 4.78 is 1.87. The zero-order valence-corrected chi connectivity index (χ0v) is 8.70. The number of fused-ring (bicyclic) bond motifs is 1. The van der Waals surface area contributed by atoms with Crippen molar-refractivity contribution in [3.8, 4) is 11.4 Å². The van der Waals surface area contributed by atoms with Crippen LogP contribution in [-0.2, 0) is 7.05 Å². The Morgan fingerprint density at radius 1 is 1.19 bits per heavy atom. The highest BCUT2D eigenvalue weighted by Gasteiger charge is 2.05. The van der Waals surface area contributed by atoms with Crippen LogP contribution in [0.5, 0.6) is 0 Å². The second kappa shape index (κ2) is 3.37. The van der Waals surface area contributed by atoms with E-state index < -0.39 is 0 Å². The highest BCUT2D eigenvalue weighted by atomic mass is 15.1. The lowest BCUT2D eigenvalue weighted by Gasteiger charge is -1.99. The van der Waals surface area contributed by atoms with Gasteiger partial charge < -0.3 is 4.57 Å². The third kappa shape index (κ3) is 1.33. The van der Waals surface area contributed by atoms with E-state index in [1.54, 1.807) is 24.9 Å². The standard InChI is InChI=1S/C11H9N5/c1-16-7-14-9-6-13-10(15-11(9)16)8-3-2-4-12-5-8/h2-7H,1H3. The maximum atomic E-state index is 4.45. The normalized spacial score (nSPS) is 10.8. The number of hydrogen-bond acceptors (Lipinski definition) is 4. The maximum Gasteiger partial charge on any atom is 0.163 e. The lowest BCUT2D eigenvalue weighted by atomic mass is 10.3. The molecule has 0 spiro atoms. The Morgan fingerprint density at radius 2 is 2.12 bits per heavy atom. The molecule has 0 aliphatic rings. The molecule has 78 valence electrons. The van der Waals surface area contributed by atoms with Gasteiger partial charge in [-0.1, -0.05) is 0 Å². The van der Waals surface area contributed by atoms with Crippen LogP contribution in [0.1, 0.15) is 0 Å². The largest absolute Gasteiger partial charge is 0.318 e. The molecular formula is C11H9N5. The molecule has 3 aromatic rings. The second-order valence-corrected chi connectivity index (χ2v) is 3.50. The molecule has 0 amide bonds. The summed E-state index contributed by atoms with van der Waals surface area (Å²) in [7, 11) is 1.91. The molecule has 3 rings (SSSR count). The van der Waals surface area contributed by atoms with Gasteiger partial charge in [0.15, 0.2) is 11.5 Å². The van der Waals surface area contributed by atoms with E-state index in [1.807, 2.05) is 23.7 Å². The lowest BCUT2D eigenvalue weighted by molar-refractivity contribution is 0.929. The third-order valence-electron chi connectivity index (χ3n) is 2.37. The summed E-state index contributed by atoms with van der Waals surface area (Å²) >= 11 is 0. The molecule has 16 heavy (non-hydrogen) atoms. The summed E-state index contributed by atoms with van der Waals surface area (Å²) in [4.78, 5) is 16.9. The molecule has 0 aliphatic heterocycles. The van der Waals surface area contributed by atoms with Crippen LogP contribution in [-0.4, -0.2) is 24.5 Å². The number of hydrogen-bond donors (Lipinski definition) is 0. The quantitative estimate of drug-likeness (QED) is 0.611. The van der Waals surface area contributed by atoms with Crippen molar-refractivity contribution in [1.82, 2.24) is 24.5 Å². The molecule has 0 saturated heterocycles. The average molecular weight is 211 g/mol. The Kier molecular flexibility index (Phi) is 1.89. The molecule has 0 atom stereocenters. The number of pyridine rings is 1. The summed E-state index contributed by atoms with van der Waals surface area (Å²) in [5.41, 5.74) is 2.54. The summed E-state index contributed by atoms with van der Waals surface area (Å²) in [5, 5.41) is 0. The van der Waals surface area contributed by atoms with Crippen LogP contribution in [0.3, 0.4) is 0 Å². The predicted octanol–water partition coefficient (Wildman–Crippen LogP) is 1.43. The van der Waals surface area contributed by atoms with Crippen LogP contribution in [0.15, 0.2) is 37.1 Å². The third-order valence-corrected chi connectivity index (χ3v) is 2.37. The Morgan fingerprint density at radius 3 is 2.94 bits per heavy atom. The first-order chi connectivity index (χ1) is 7.84. The number of aryl methyl sites for hydroxylation is 1. The minimum Gasteiger partial charge on any atom is -0.318 e. The molecule has 0 saturated carbocycles. The van der Waals surface area contributed by atoms with E-state index in [4.69, 9.17) is 0 Å². The first kappa shape index (κ1) is 8.96. The van der Waals surface area contributed by atoms with Gasteiger partial charge in [-0.2, -0.15) is 0 Å². The van der Waals surface area contributed by atoms with E-state index >= 15 is 0 Å². The fourth-order valence-corrected chi connectivity index (χ4v) is 1.55. The number of imidazole rings is 1. The van der Waals surface area contributed by atoms with Crippen molar-refractivity contribution in [1.29, 1.82) is 0 Å². The van der Waals surface area contributed by atoms with Crippen LogP contribution in [0.25, 0.3) is 22.6 Å². The second-order valence-electron chi connectivity index (χ2n) is 3.50. The monoisotopic (exact) mass is 211 g/mol. The van der Waals surface area contributed by atoms with Crippen LogP contribution < -0.4 is 0 Å². The van der Waals surface area contributed by atoms with Crippen molar-refractivity contribution in [2.75, 3.05) is 0 Å². The molecule has 0 unspecified atom stereocenters. The Hall–Kier alpha value is -2.30. The predicted molar refractivity (Wildman–Crippen MR) is 59.5 cm³/mol. The molecule has 0 aliphatic carbocycles. The minimum atomic E-state index is 0.671. The Bertz CT molecular complexity index is 629. The maximum absolute atomic E-state index is 4.45. The average Bonchev–Trinajstić information content (AvgIpc) is 2.72. The van der Waals surface area contributed by atoms with Gasteiger partial charge in [0.1, 0.15) is 5.52 Å². The SMILES string of the molecule is Cn1cnc2cnc(-c3cccnc3)nc21. The summed E-state index contributed by atoms with van der Waals surface area (Å²) in [6.45, 7) is 0. The molecular weight excluding hydrogens is 202 g/mol. The number of rotatable bonds is 1. The molecule has 5 nitrogen and oxygen atoms in total. The number of aromatic nitrogens is 5. The first-order valence-corrected chi connectivity index (χ1v) is 4.89. The van der Waals surface area contributed by atoms with Gasteiger partial charge in [-0.15, -0.1) is 0 Å². The lowest BCUT2D eigenvalue weighted by Crippen LogP contribution is -1.93. The van der Waals surface area contributed by atoms with Gasteiger partial charge in [0.05, 0.1) is 12.5 Å². The minimum absolute atomic E-state index is 0.671. The van der Waals surface area contributed by atoms with Gasteiger partial charge in [0, 0.05) is 25.0 Å². The molecule has 5 heteroatoms. The van der Waals surface area contributed by atoms with Gasteiger partial charge in [0.25, 0.3) is 0 Å². The topological polar surface area (TPSA) is 56.5 Å². The zero-order valence-electron chi connectivity index (χ0n) is 8.70. The van der Waals surface area contributed by atoms with E-state index in [0.717, 1.165) is 16.7 Å². The van der Waals surface area contributed by atoms with Gasteiger partial charge in [-0.3, -0.25) is 4.98 Å². The van der Waals surface area contributed by atoms with E-state index in [-0.39, 0.29) is 0 Å².